The molecule has 1 aromatic carbocycles. The molecule has 0 saturated carbocycles. The molecule has 0 saturated heterocycles. The van der Waals surface area contributed by atoms with Crippen molar-refractivity contribution < 1.29 is 27.5 Å². The lowest BCUT2D eigenvalue weighted by Gasteiger charge is -2.16. The average molecular weight is 303 g/mol. The summed E-state index contributed by atoms with van der Waals surface area (Å²) in [6.45, 7) is 1.78. The van der Waals surface area contributed by atoms with E-state index in [1.807, 2.05) is 0 Å². The van der Waals surface area contributed by atoms with E-state index < -0.39 is 29.7 Å². The highest BCUT2D eigenvalue weighted by Gasteiger charge is 2.30. The Kier molecular flexibility index (Phi) is 5.75. The molecule has 0 radical (unpaired) electrons. The summed E-state index contributed by atoms with van der Waals surface area (Å²) >= 11 is 0. The highest BCUT2D eigenvalue weighted by atomic mass is 19.4. The van der Waals surface area contributed by atoms with Crippen molar-refractivity contribution in [1.29, 1.82) is 0 Å². The first-order valence-corrected chi connectivity index (χ1v) is 6.32. The van der Waals surface area contributed by atoms with Crippen LogP contribution in [0.2, 0.25) is 0 Å². The van der Waals surface area contributed by atoms with Crippen LogP contribution in [-0.4, -0.2) is 25.0 Å². The summed E-state index contributed by atoms with van der Waals surface area (Å²) in [5.41, 5.74) is -0.716. The van der Waals surface area contributed by atoms with Crippen molar-refractivity contribution >= 4 is 11.9 Å². The molecule has 21 heavy (non-hydrogen) atoms. The van der Waals surface area contributed by atoms with Crippen molar-refractivity contribution in [3.63, 3.8) is 0 Å². The van der Waals surface area contributed by atoms with Crippen molar-refractivity contribution in [3.05, 3.63) is 35.4 Å². The van der Waals surface area contributed by atoms with Gasteiger partial charge in [-0.05, 0) is 30.7 Å². The lowest BCUT2D eigenvalue weighted by atomic mass is 10.1. The van der Waals surface area contributed by atoms with Crippen LogP contribution in [0.5, 0.6) is 0 Å². The zero-order valence-corrected chi connectivity index (χ0v) is 11.7. The largest absolute Gasteiger partial charge is 0.469 e. The molecule has 0 spiro atoms. The van der Waals surface area contributed by atoms with E-state index in [-0.39, 0.29) is 12.0 Å². The van der Waals surface area contributed by atoms with Gasteiger partial charge in [0, 0.05) is 11.6 Å². The third-order valence-electron chi connectivity index (χ3n) is 2.94. The number of nitrogens with one attached hydrogen (secondary N) is 1. The van der Waals surface area contributed by atoms with E-state index in [4.69, 9.17) is 0 Å². The molecule has 116 valence electrons. The van der Waals surface area contributed by atoms with Crippen LogP contribution >= 0.6 is 0 Å². The fourth-order valence-corrected chi connectivity index (χ4v) is 1.66. The van der Waals surface area contributed by atoms with E-state index in [9.17, 15) is 22.8 Å². The minimum absolute atomic E-state index is 0.0133. The van der Waals surface area contributed by atoms with Crippen molar-refractivity contribution in [2.45, 2.75) is 32.0 Å². The van der Waals surface area contributed by atoms with Crippen LogP contribution in [0.15, 0.2) is 24.3 Å². The van der Waals surface area contributed by atoms with Gasteiger partial charge in [0.2, 0.25) is 0 Å². The number of hydrogen-bond acceptors (Lipinski definition) is 3. The molecule has 1 aromatic rings. The molecule has 7 heteroatoms. The zero-order chi connectivity index (χ0) is 16.0. The van der Waals surface area contributed by atoms with Crippen LogP contribution in [0.25, 0.3) is 0 Å². The number of carbonyl (C=O) groups excluding carboxylic acids is 2. The van der Waals surface area contributed by atoms with Gasteiger partial charge in [0.15, 0.2) is 0 Å². The van der Waals surface area contributed by atoms with Crippen LogP contribution in [0.4, 0.5) is 13.2 Å². The summed E-state index contributed by atoms with van der Waals surface area (Å²) in [6, 6.07) is 3.46. The Bertz CT molecular complexity index is 497. The molecule has 0 fully saturated rings. The number of benzene rings is 1. The van der Waals surface area contributed by atoms with E-state index in [0.717, 1.165) is 24.3 Å². The highest BCUT2D eigenvalue weighted by molar-refractivity contribution is 5.94. The third-order valence-corrected chi connectivity index (χ3v) is 2.94. The molecular formula is C14H16F3NO3. The fourth-order valence-electron chi connectivity index (χ4n) is 1.66. The van der Waals surface area contributed by atoms with Crippen LogP contribution < -0.4 is 5.32 Å². The molecule has 0 bridgehead atoms. The minimum atomic E-state index is -4.44. The number of rotatable bonds is 5. The van der Waals surface area contributed by atoms with Gasteiger partial charge in [-0.25, -0.2) is 0 Å². The molecule has 0 aromatic heterocycles. The molecule has 0 aliphatic carbocycles. The lowest BCUT2D eigenvalue weighted by Crippen LogP contribution is -2.36. The van der Waals surface area contributed by atoms with E-state index in [0.29, 0.717) is 6.42 Å². The Morgan fingerprint density at radius 3 is 2.24 bits per heavy atom. The summed E-state index contributed by atoms with van der Waals surface area (Å²) in [5.74, 6) is -0.992. The summed E-state index contributed by atoms with van der Waals surface area (Å²) in [6.07, 6.45) is -3.92. The maximum absolute atomic E-state index is 12.4. The third kappa shape index (κ3) is 5.09. The second-order valence-corrected chi connectivity index (χ2v) is 4.43. The molecule has 0 heterocycles. The molecule has 1 N–H and O–H groups in total. The van der Waals surface area contributed by atoms with Crippen LogP contribution in [-0.2, 0) is 15.7 Å². The fraction of sp³-hybridized carbons (Fsp3) is 0.429. The predicted octanol–water partition coefficient (Wildman–Crippen LogP) is 2.78. The lowest BCUT2D eigenvalue weighted by molar-refractivity contribution is -0.141. The molecule has 1 rings (SSSR count). The maximum Gasteiger partial charge on any atom is 0.416 e. The Labute approximate surface area is 120 Å². The molecule has 1 unspecified atom stereocenters. The minimum Gasteiger partial charge on any atom is -0.469 e. The molecule has 1 amide bonds. The standard InChI is InChI=1S/C14H16F3NO3/c1-3-11(8-12(19)21-2)18-13(20)9-4-6-10(7-5-9)14(15,16)17/h4-7,11H,3,8H2,1-2H3,(H,18,20). The van der Waals surface area contributed by atoms with Crippen molar-refractivity contribution in [3.8, 4) is 0 Å². The van der Waals surface area contributed by atoms with E-state index >= 15 is 0 Å². The smallest absolute Gasteiger partial charge is 0.416 e. The summed E-state index contributed by atoms with van der Waals surface area (Å²) in [7, 11) is 1.24. The monoisotopic (exact) mass is 303 g/mol. The Balaban J connectivity index is 2.72. The number of ether oxygens (including phenoxy) is 1. The van der Waals surface area contributed by atoms with Crippen molar-refractivity contribution in [2.24, 2.45) is 0 Å². The van der Waals surface area contributed by atoms with Crippen LogP contribution in [0.3, 0.4) is 0 Å². The van der Waals surface area contributed by atoms with E-state index in [2.05, 4.69) is 10.1 Å². The average Bonchev–Trinajstić information content (AvgIpc) is 2.45. The van der Waals surface area contributed by atoms with Gasteiger partial charge in [-0.3, -0.25) is 9.59 Å². The number of esters is 1. The molecule has 1 atom stereocenters. The van der Waals surface area contributed by atoms with E-state index in [1.54, 1.807) is 6.92 Å². The second kappa shape index (κ2) is 7.10. The zero-order valence-electron chi connectivity index (χ0n) is 11.7. The highest BCUT2D eigenvalue weighted by Crippen LogP contribution is 2.29. The SMILES string of the molecule is CCC(CC(=O)OC)NC(=O)c1ccc(C(F)(F)F)cc1. The maximum atomic E-state index is 12.4. The van der Waals surface area contributed by atoms with Gasteiger partial charge in [0.25, 0.3) is 5.91 Å². The number of amides is 1. The van der Waals surface area contributed by atoms with Gasteiger partial charge < -0.3 is 10.1 Å². The number of hydrogen-bond donors (Lipinski definition) is 1. The van der Waals surface area contributed by atoms with Crippen molar-refractivity contribution in [1.82, 2.24) is 5.32 Å². The van der Waals surface area contributed by atoms with Crippen LogP contribution in [0, 0.1) is 0 Å². The number of halogens is 3. The van der Waals surface area contributed by atoms with Gasteiger partial charge in [-0.15, -0.1) is 0 Å². The first-order valence-electron chi connectivity index (χ1n) is 6.32. The topological polar surface area (TPSA) is 55.4 Å². The van der Waals surface area contributed by atoms with Gasteiger partial charge in [-0.1, -0.05) is 6.92 Å². The van der Waals surface area contributed by atoms with Crippen LogP contribution in [0.1, 0.15) is 35.7 Å². The predicted molar refractivity (Wildman–Crippen MR) is 69.6 cm³/mol. The second-order valence-electron chi connectivity index (χ2n) is 4.43. The Hall–Kier alpha value is -2.05. The number of alkyl halides is 3. The van der Waals surface area contributed by atoms with E-state index in [1.165, 1.54) is 7.11 Å². The number of methoxy groups -OCH3 is 1. The van der Waals surface area contributed by atoms with Crippen molar-refractivity contribution in [2.75, 3.05) is 7.11 Å². The van der Waals surface area contributed by atoms with Gasteiger partial charge >= 0.3 is 12.1 Å². The first kappa shape index (κ1) is 17.0. The molecule has 0 aliphatic rings. The van der Waals surface area contributed by atoms with Gasteiger partial charge in [0.1, 0.15) is 0 Å². The number of carbonyl (C=O) groups is 2. The molecule has 0 aliphatic heterocycles. The Morgan fingerprint density at radius 1 is 1.24 bits per heavy atom. The summed E-state index contributed by atoms with van der Waals surface area (Å²) < 4.78 is 41.8. The van der Waals surface area contributed by atoms with Gasteiger partial charge in [0.05, 0.1) is 19.1 Å². The summed E-state index contributed by atoms with van der Waals surface area (Å²) in [5, 5.41) is 2.59. The molecular weight excluding hydrogens is 287 g/mol. The molecule has 4 nitrogen and oxygen atoms in total. The summed E-state index contributed by atoms with van der Waals surface area (Å²) in [4.78, 5) is 23.1. The normalized spacial score (nSPS) is 12.6. The Morgan fingerprint density at radius 2 is 1.81 bits per heavy atom. The van der Waals surface area contributed by atoms with Gasteiger partial charge in [-0.2, -0.15) is 13.2 Å². The quantitative estimate of drug-likeness (QED) is 0.851. The first-order chi connectivity index (χ1) is 9.77.